The number of aromatic nitrogens is 2. The summed E-state index contributed by atoms with van der Waals surface area (Å²) in [5.41, 5.74) is 9.19. The van der Waals surface area contributed by atoms with Crippen LogP contribution in [0.4, 0.5) is 5.82 Å². The molecule has 0 fully saturated rings. The number of nitrogens with one attached hydrogen (secondary N) is 1. The average molecular weight is 250 g/mol. The van der Waals surface area contributed by atoms with Crippen LogP contribution >= 0.6 is 11.6 Å². The highest BCUT2D eigenvalue weighted by Gasteiger charge is 2.21. The minimum absolute atomic E-state index is 0.107. The van der Waals surface area contributed by atoms with Crippen molar-refractivity contribution in [3.63, 3.8) is 0 Å². The predicted octanol–water partition coefficient (Wildman–Crippen LogP) is 2.51. The van der Waals surface area contributed by atoms with E-state index in [1.807, 2.05) is 6.07 Å². The Morgan fingerprint density at radius 2 is 2.18 bits per heavy atom. The van der Waals surface area contributed by atoms with Gasteiger partial charge in [-0.3, -0.25) is 5.10 Å². The lowest BCUT2D eigenvalue weighted by Crippen LogP contribution is -1.89. The molecule has 1 aromatic heterocycles. The third kappa shape index (κ3) is 1.56. The summed E-state index contributed by atoms with van der Waals surface area (Å²) < 4.78 is 0. The lowest BCUT2D eigenvalue weighted by molar-refractivity contribution is 0.476. The van der Waals surface area contributed by atoms with Crippen LogP contribution < -0.4 is 5.73 Å². The molecular weight excluding hydrogens is 238 g/mol. The average Bonchev–Trinajstić information content (AvgIpc) is 2.91. The summed E-state index contributed by atoms with van der Waals surface area (Å²) in [5.74, 6) is 0.506. The molecule has 4 nitrogen and oxygen atoms in total. The molecule has 0 aliphatic heterocycles. The van der Waals surface area contributed by atoms with Gasteiger partial charge in [-0.25, -0.2) is 0 Å². The Bertz CT molecular complexity index is 592. The molecule has 0 bridgehead atoms. The number of hydrogen-bond donors (Lipinski definition) is 3. The first-order valence-electron chi connectivity index (χ1n) is 5.51. The summed E-state index contributed by atoms with van der Waals surface area (Å²) in [7, 11) is 0. The van der Waals surface area contributed by atoms with Crippen molar-refractivity contribution < 1.29 is 5.11 Å². The van der Waals surface area contributed by atoms with E-state index in [9.17, 15) is 5.11 Å². The molecule has 1 aliphatic rings. The zero-order valence-electron chi connectivity index (χ0n) is 9.13. The van der Waals surface area contributed by atoms with Crippen LogP contribution in [-0.4, -0.2) is 15.3 Å². The largest absolute Gasteiger partial charge is 0.506 e. The number of nitrogen functional groups attached to an aromatic ring is 1. The van der Waals surface area contributed by atoms with Crippen LogP contribution in [0.25, 0.3) is 11.3 Å². The molecule has 0 atom stereocenters. The molecule has 5 heteroatoms. The number of aryl methyl sites for hydroxylation is 1. The van der Waals surface area contributed by atoms with Gasteiger partial charge < -0.3 is 10.8 Å². The first kappa shape index (κ1) is 10.5. The molecule has 3 rings (SSSR count). The fourth-order valence-electron chi connectivity index (χ4n) is 2.36. The van der Waals surface area contributed by atoms with Crippen molar-refractivity contribution in [2.45, 2.75) is 19.3 Å². The van der Waals surface area contributed by atoms with Crippen molar-refractivity contribution in [3.05, 3.63) is 28.3 Å². The maximum Gasteiger partial charge on any atom is 0.145 e. The number of phenols is 1. The van der Waals surface area contributed by atoms with Gasteiger partial charge in [0.2, 0.25) is 0 Å². The highest BCUT2D eigenvalue weighted by atomic mass is 35.5. The molecule has 0 radical (unpaired) electrons. The summed E-state index contributed by atoms with van der Waals surface area (Å²) in [4.78, 5) is 0. The number of aromatic amines is 1. The van der Waals surface area contributed by atoms with Gasteiger partial charge in [-0.2, -0.15) is 5.10 Å². The van der Waals surface area contributed by atoms with Gasteiger partial charge in [-0.05, 0) is 36.5 Å². The fourth-order valence-corrected chi connectivity index (χ4v) is 2.68. The second-order valence-corrected chi connectivity index (χ2v) is 4.66. The fraction of sp³-hybridized carbons (Fsp3) is 0.250. The molecule has 1 aromatic carbocycles. The Kier molecular flexibility index (Phi) is 2.26. The molecule has 4 N–H and O–H groups in total. The molecule has 0 unspecified atom stereocenters. The van der Waals surface area contributed by atoms with E-state index in [0.717, 1.165) is 24.8 Å². The van der Waals surface area contributed by atoms with Crippen LogP contribution in [0.5, 0.6) is 5.75 Å². The SMILES string of the molecule is Nc1cc(-c2cc3c(c(Cl)c2O)CCC3)[nH]n1. The van der Waals surface area contributed by atoms with Crippen LogP contribution in [-0.2, 0) is 12.8 Å². The Morgan fingerprint density at radius 1 is 1.35 bits per heavy atom. The van der Waals surface area contributed by atoms with Gasteiger partial charge in [-0.1, -0.05) is 11.6 Å². The molecule has 0 saturated heterocycles. The molecule has 88 valence electrons. The van der Waals surface area contributed by atoms with E-state index in [1.165, 1.54) is 5.56 Å². The molecule has 1 heterocycles. The van der Waals surface area contributed by atoms with Crippen molar-refractivity contribution in [2.75, 3.05) is 5.73 Å². The number of phenolic OH excluding ortho intramolecular Hbond substituents is 1. The Labute approximate surface area is 103 Å². The first-order chi connectivity index (χ1) is 8.16. The number of fused-ring (bicyclic) bond motifs is 1. The lowest BCUT2D eigenvalue weighted by atomic mass is 10.0. The van der Waals surface area contributed by atoms with Gasteiger partial charge in [0.25, 0.3) is 0 Å². The van der Waals surface area contributed by atoms with Gasteiger partial charge in [0, 0.05) is 11.6 Å². The predicted molar refractivity (Wildman–Crippen MR) is 67.1 cm³/mol. The number of nitrogens with two attached hydrogens (primary N) is 1. The third-order valence-corrected chi connectivity index (χ3v) is 3.60. The van der Waals surface area contributed by atoms with Crippen LogP contribution in [0.3, 0.4) is 0 Å². The number of aromatic hydroxyl groups is 1. The van der Waals surface area contributed by atoms with Gasteiger partial charge in [-0.15, -0.1) is 0 Å². The standard InChI is InChI=1S/C12H12ClN3O/c13-11-7-3-1-2-6(7)4-8(12(11)17)9-5-10(14)16-15-9/h4-5,17H,1-3H2,(H3,14,15,16). The highest BCUT2D eigenvalue weighted by molar-refractivity contribution is 6.33. The van der Waals surface area contributed by atoms with Gasteiger partial charge in [0.15, 0.2) is 0 Å². The molecule has 2 aromatic rings. The maximum absolute atomic E-state index is 10.1. The number of nitrogens with zero attached hydrogens (tertiary/aromatic N) is 1. The van der Waals surface area contributed by atoms with E-state index in [1.54, 1.807) is 6.07 Å². The number of hydrogen-bond acceptors (Lipinski definition) is 3. The van der Waals surface area contributed by atoms with Crippen molar-refractivity contribution in [1.82, 2.24) is 10.2 Å². The molecule has 0 spiro atoms. The topological polar surface area (TPSA) is 74.9 Å². The second-order valence-electron chi connectivity index (χ2n) is 4.28. The van der Waals surface area contributed by atoms with Gasteiger partial charge in [0.05, 0.1) is 10.7 Å². The van der Waals surface area contributed by atoms with Gasteiger partial charge in [0.1, 0.15) is 11.6 Å². The molecule has 17 heavy (non-hydrogen) atoms. The van der Waals surface area contributed by atoms with Crippen LogP contribution in [0.15, 0.2) is 12.1 Å². The normalized spacial score (nSPS) is 13.9. The van der Waals surface area contributed by atoms with Gasteiger partial charge >= 0.3 is 0 Å². The second kappa shape index (κ2) is 3.67. The molecule has 0 saturated carbocycles. The summed E-state index contributed by atoms with van der Waals surface area (Å²) in [6.45, 7) is 0. The highest BCUT2D eigenvalue weighted by Crippen LogP contribution is 2.42. The van der Waals surface area contributed by atoms with Crippen molar-refractivity contribution in [2.24, 2.45) is 0 Å². The molecule has 0 amide bonds. The Morgan fingerprint density at radius 3 is 2.88 bits per heavy atom. The van der Waals surface area contributed by atoms with E-state index >= 15 is 0 Å². The smallest absolute Gasteiger partial charge is 0.145 e. The molecular formula is C12H12ClN3O. The summed E-state index contributed by atoms with van der Waals surface area (Å²) >= 11 is 6.18. The first-order valence-corrected chi connectivity index (χ1v) is 5.89. The minimum Gasteiger partial charge on any atom is -0.506 e. The van der Waals surface area contributed by atoms with Crippen molar-refractivity contribution in [3.8, 4) is 17.0 Å². The van der Waals surface area contributed by atoms with E-state index in [-0.39, 0.29) is 5.75 Å². The number of anilines is 1. The summed E-state index contributed by atoms with van der Waals surface area (Å²) in [6, 6.07) is 3.66. The maximum atomic E-state index is 10.1. The lowest BCUT2D eigenvalue weighted by Gasteiger charge is -2.09. The van der Waals surface area contributed by atoms with E-state index in [2.05, 4.69) is 10.2 Å². The van der Waals surface area contributed by atoms with E-state index in [4.69, 9.17) is 17.3 Å². The third-order valence-electron chi connectivity index (χ3n) is 3.19. The Hall–Kier alpha value is -1.68. The van der Waals surface area contributed by atoms with E-state index < -0.39 is 0 Å². The zero-order chi connectivity index (χ0) is 12.0. The van der Waals surface area contributed by atoms with Crippen molar-refractivity contribution in [1.29, 1.82) is 0 Å². The summed E-state index contributed by atoms with van der Waals surface area (Å²) in [6.07, 6.45) is 3.03. The minimum atomic E-state index is 0.107. The number of H-pyrrole nitrogens is 1. The number of benzene rings is 1. The Balaban J connectivity index is 2.21. The quantitative estimate of drug-likeness (QED) is 0.727. The van der Waals surface area contributed by atoms with Crippen LogP contribution in [0.2, 0.25) is 5.02 Å². The van der Waals surface area contributed by atoms with Crippen molar-refractivity contribution >= 4 is 17.4 Å². The molecule has 1 aliphatic carbocycles. The van der Waals surface area contributed by atoms with E-state index in [0.29, 0.717) is 22.1 Å². The summed E-state index contributed by atoms with van der Waals surface area (Å²) in [5, 5.41) is 17.2. The number of rotatable bonds is 1. The number of halogens is 1. The zero-order valence-corrected chi connectivity index (χ0v) is 9.88. The van der Waals surface area contributed by atoms with Crippen LogP contribution in [0.1, 0.15) is 17.5 Å². The monoisotopic (exact) mass is 249 g/mol. The van der Waals surface area contributed by atoms with Crippen LogP contribution in [0, 0.1) is 0 Å².